The van der Waals surface area contributed by atoms with E-state index in [4.69, 9.17) is 0 Å². The van der Waals surface area contributed by atoms with Gasteiger partial charge in [0, 0.05) is 33.7 Å². The summed E-state index contributed by atoms with van der Waals surface area (Å²) in [6.45, 7) is 5.10. The summed E-state index contributed by atoms with van der Waals surface area (Å²) in [5.41, 5.74) is 0. The van der Waals surface area contributed by atoms with Crippen LogP contribution < -0.4 is 15.1 Å². The van der Waals surface area contributed by atoms with Crippen molar-refractivity contribution in [3.8, 4) is 0 Å². The van der Waals surface area contributed by atoms with Crippen LogP contribution in [0.4, 0.5) is 17.8 Å². The van der Waals surface area contributed by atoms with Crippen molar-refractivity contribution >= 4 is 17.8 Å². The maximum absolute atomic E-state index is 4.51. The van der Waals surface area contributed by atoms with Crippen LogP contribution in [0.2, 0.25) is 0 Å². The lowest BCUT2D eigenvalue weighted by molar-refractivity contribution is 0.855. The van der Waals surface area contributed by atoms with E-state index < -0.39 is 0 Å². The molecule has 0 amide bonds. The van der Waals surface area contributed by atoms with E-state index in [1.165, 1.54) is 12.8 Å². The average Bonchev–Trinajstić information content (AvgIpc) is 2.89. The van der Waals surface area contributed by atoms with Crippen molar-refractivity contribution < 1.29 is 0 Å². The van der Waals surface area contributed by atoms with Crippen LogP contribution in [-0.2, 0) is 0 Å². The van der Waals surface area contributed by atoms with Gasteiger partial charge in [-0.1, -0.05) is 6.92 Å². The molecule has 2 heterocycles. The summed E-state index contributed by atoms with van der Waals surface area (Å²) in [6.07, 6.45) is 3.50. The summed E-state index contributed by atoms with van der Waals surface area (Å²) in [5, 5.41) is 3.24. The molecule has 1 aromatic rings. The molecular weight excluding hydrogens is 228 g/mol. The predicted octanol–water partition coefficient (Wildman–Crippen LogP) is 1.36. The predicted molar refractivity (Wildman–Crippen MR) is 74.4 cm³/mol. The second-order valence-corrected chi connectivity index (χ2v) is 4.77. The van der Waals surface area contributed by atoms with Crippen molar-refractivity contribution in [2.75, 3.05) is 48.8 Å². The highest BCUT2D eigenvalue weighted by molar-refractivity contribution is 5.44. The zero-order valence-corrected chi connectivity index (χ0v) is 11.5. The van der Waals surface area contributed by atoms with Crippen LogP contribution in [0.15, 0.2) is 0 Å². The molecule has 1 aliphatic heterocycles. The molecule has 100 valence electrons. The number of hydrogen-bond donors (Lipinski definition) is 1. The van der Waals surface area contributed by atoms with Crippen LogP contribution in [0.25, 0.3) is 0 Å². The standard InChI is InChI=1S/C12H22N6/c1-4-7-13-10-14-11(17(2)3)16-12(15-10)18-8-5-6-9-18/h4-9H2,1-3H3,(H,13,14,15,16). The van der Waals surface area contributed by atoms with E-state index in [-0.39, 0.29) is 0 Å². The SMILES string of the molecule is CCCNc1nc(N(C)C)nc(N2CCCC2)n1. The minimum atomic E-state index is 0.678. The summed E-state index contributed by atoms with van der Waals surface area (Å²) in [4.78, 5) is 17.6. The van der Waals surface area contributed by atoms with Crippen LogP contribution in [0.3, 0.4) is 0 Å². The molecule has 0 bridgehead atoms. The molecule has 1 fully saturated rings. The minimum absolute atomic E-state index is 0.678. The van der Waals surface area contributed by atoms with Crippen LogP contribution in [0.1, 0.15) is 26.2 Å². The van der Waals surface area contributed by atoms with Gasteiger partial charge in [0.1, 0.15) is 0 Å². The summed E-state index contributed by atoms with van der Waals surface area (Å²) >= 11 is 0. The maximum atomic E-state index is 4.51. The Labute approximate surface area is 108 Å². The fourth-order valence-corrected chi connectivity index (χ4v) is 1.93. The Hall–Kier alpha value is -1.59. The summed E-state index contributed by atoms with van der Waals surface area (Å²) in [7, 11) is 3.90. The number of anilines is 3. The summed E-state index contributed by atoms with van der Waals surface area (Å²) < 4.78 is 0. The molecule has 18 heavy (non-hydrogen) atoms. The zero-order valence-electron chi connectivity index (χ0n) is 11.5. The van der Waals surface area contributed by atoms with Crippen molar-refractivity contribution in [3.05, 3.63) is 0 Å². The van der Waals surface area contributed by atoms with Crippen molar-refractivity contribution in [1.82, 2.24) is 15.0 Å². The second kappa shape index (κ2) is 5.84. The van der Waals surface area contributed by atoms with Crippen LogP contribution >= 0.6 is 0 Å². The quantitative estimate of drug-likeness (QED) is 0.851. The van der Waals surface area contributed by atoms with Gasteiger partial charge in [-0.2, -0.15) is 15.0 Å². The van der Waals surface area contributed by atoms with Crippen molar-refractivity contribution in [3.63, 3.8) is 0 Å². The molecule has 0 radical (unpaired) electrons. The second-order valence-electron chi connectivity index (χ2n) is 4.77. The fourth-order valence-electron chi connectivity index (χ4n) is 1.93. The van der Waals surface area contributed by atoms with Gasteiger partial charge in [0.05, 0.1) is 0 Å². The minimum Gasteiger partial charge on any atom is -0.354 e. The number of rotatable bonds is 5. The zero-order chi connectivity index (χ0) is 13.0. The van der Waals surface area contributed by atoms with Gasteiger partial charge in [0.15, 0.2) is 0 Å². The van der Waals surface area contributed by atoms with Crippen LogP contribution in [0.5, 0.6) is 0 Å². The Bertz CT molecular complexity index is 386. The van der Waals surface area contributed by atoms with Crippen molar-refractivity contribution in [2.45, 2.75) is 26.2 Å². The van der Waals surface area contributed by atoms with Gasteiger partial charge in [0.2, 0.25) is 17.8 Å². The summed E-state index contributed by atoms with van der Waals surface area (Å²) in [6, 6.07) is 0. The van der Waals surface area contributed by atoms with Crippen molar-refractivity contribution in [2.24, 2.45) is 0 Å². The van der Waals surface area contributed by atoms with Gasteiger partial charge < -0.3 is 15.1 Å². The van der Waals surface area contributed by atoms with E-state index in [0.29, 0.717) is 11.9 Å². The third-order valence-electron chi connectivity index (χ3n) is 2.93. The molecule has 1 N–H and O–H groups in total. The monoisotopic (exact) mass is 250 g/mol. The van der Waals surface area contributed by atoms with Gasteiger partial charge in [-0.05, 0) is 19.3 Å². The van der Waals surface area contributed by atoms with E-state index in [2.05, 4.69) is 32.1 Å². The van der Waals surface area contributed by atoms with E-state index >= 15 is 0 Å². The molecular formula is C12H22N6. The first-order valence-electron chi connectivity index (χ1n) is 6.63. The third-order valence-corrected chi connectivity index (χ3v) is 2.93. The lowest BCUT2D eigenvalue weighted by atomic mass is 10.4. The first kappa shape index (κ1) is 12.9. The molecule has 6 nitrogen and oxygen atoms in total. The molecule has 0 spiro atoms. The first-order valence-corrected chi connectivity index (χ1v) is 6.63. The lowest BCUT2D eigenvalue weighted by Crippen LogP contribution is -2.24. The van der Waals surface area contributed by atoms with Gasteiger partial charge in [-0.3, -0.25) is 0 Å². The van der Waals surface area contributed by atoms with E-state index in [1.54, 1.807) is 0 Å². The smallest absolute Gasteiger partial charge is 0.231 e. The molecule has 1 aliphatic rings. The van der Waals surface area contributed by atoms with E-state index in [0.717, 1.165) is 32.0 Å². The topological polar surface area (TPSA) is 57.2 Å². The molecule has 0 saturated carbocycles. The number of nitrogens with one attached hydrogen (secondary N) is 1. The van der Waals surface area contributed by atoms with Crippen LogP contribution in [-0.4, -0.2) is 48.7 Å². The van der Waals surface area contributed by atoms with Gasteiger partial charge >= 0.3 is 0 Å². The molecule has 0 unspecified atom stereocenters. The molecule has 1 aromatic heterocycles. The summed E-state index contributed by atoms with van der Waals surface area (Å²) in [5.74, 6) is 2.19. The lowest BCUT2D eigenvalue weighted by Gasteiger charge is -2.18. The molecule has 2 rings (SSSR count). The average molecular weight is 250 g/mol. The Morgan fingerprint density at radius 3 is 2.50 bits per heavy atom. The van der Waals surface area contributed by atoms with Gasteiger partial charge in [-0.15, -0.1) is 0 Å². The normalized spacial score (nSPS) is 14.9. The third kappa shape index (κ3) is 3.00. The highest BCUT2D eigenvalue weighted by Crippen LogP contribution is 2.19. The molecule has 6 heteroatoms. The highest BCUT2D eigenvalue weighted by Gasteiger charge is 2.17. The Morgan fingerprint density at radius 2 is 1.89 bits per heavy atom. The maximum Gasteiger partial charge on any atom is 0.231 e. The molecule has 0 aromatic carbocycles. The van der Waals surface area contributed by atoms with E-state index in [1.807, 2.05) is 19.0 Å². The Morgan fingerprint density at radius 1 is 1.17 bits per heavy atom. The largest absolute Gasteiger partial charge is 0.354 e. The van der Waals surface area contributed by atoms with Crippen LogP contribution in [0, 0.1) is 0 Å². The Balaban J connectivity index is 2.23. The number of aromatic nitrogens is 3. The fraction of sp³-hybridized carbons (Fsp3) is 0.750. The first-order chi connectivity index (χ1) is 8.70. The molecule has 0 atom stereocenters. The number of hydrogen-bond acceptors (Lipinski definition) is 6. The Kier molecular flexibility index (Phi) is 4.17. The van der Waals surface area contributed by atoms with Crippen molar-refractivity contribution in [1.29, 1.82) is 0 Å². The molecule has 0 aliphatic carbocycles. The number of nitrogens with zero attached hydrogens (tertiary/aromatic N) is 5. The highest BCUT2D eigenvalue weighted by atomic mass is 15.4. The van der Waals surface area contributed by atoms with E-state index in [9.17, 15) is 0 Å². The molecule has 1 saturated heterocycles. The van der Waals surface area contributed by atoms with Gasteiger partial charge in [-0.25, -0.2) is 0 Å². The van der Waals surface area contributed by atoms with Gasteiger partial charge in [0.25, 0.3) is 0 Å².